The highest BCUT2D eigenvalue weighted by atomic mass is 16.3. The van der Waals surface area contributed by atoms with Crippen molar-refractivity contribution in [3.8, 4) is 0 Å². The molecule has 1 N–H and O–H groups in total. The molecule has 114 valence electrons. The summed E-state index contributed by atoms with van der Waals surface area (Å²) in [7, 11) is 2.05. The maximum absolute atomic E-state index is 6.05. The molecular formula is C19H27NO. The van der Waals surface area contributed by atoms with Gasteiger partial charge in [-0.15, -0.1) is 0 Å². The van der Waals surface area contributed by atoms with Crippen LogP contribution in [-0.2, 0) is 0 Å². The molecule has 2 aromatic rings. The lowest BCUT2D eigenvalue weighted by molar-refractivity contribution is 0.308. The van der Waals surface area contributed by atoms with Gasteiger partial charge >= 0.3 is 0 Å². The van der Waals surface area contributed by atoms with Crippen molar-refractivity contribution in [2.24, 2.45) is 5.92 Å². The van der Waals surface area contributed by atoms with Gasteiger partial charge < -0.3 is 9.73 Å². The average molecular weight is 285 g/mol. The number of benzene rings is 1. The van der Waals surface area contributed by atoms with Crippen LogP contribution in [0.1, 0.15) is 62.3 Å². The Kier molecular flexibility index (Phi) is 4.64. The minimum atomic E-state index is 0.347. The number of hydrogen-bond acceptors (Lipinski definition) is 2. The fourth-order valence-corrected chi connectivity index (χ4v) is 3.66. The number of fused-ring (bicyclic) bond motifs is 1. The van der Waals surface area contributed by atoms with Crippen LogP contribution in [0.25, 0.3) is 11.0 Å². The molecular weight excluding hydrogens is 258 g/mol. The first-order valence-corrected chi connectivity index (χ1v) is 8.43. The number of hydrogen-bond donors (Lipinski definition) is 1. The van der Waals surface area contributed by atoms with Crippen LogP contribution < -0.4 is 5.32 Å². The molecule has 0 aliphatic heterocycles. The Morgan fingerprint density at radius 2 is 2.00 bits per heavy atom. The lowest BCUT2D eigenvalue weighted by Crippen LogP contribution is -2.17. The number of furan rings is 1. The van der Waals surface area contributed by atoms with Gasteiger partial charge in [0.1, 0.15) is 11.3 Å². The topological polar surface area (TPSA) is 25.2 Å². The van der Waals surface area contributed by atoms with E-state index in [0.29, 0.717) is 6.04 Å². The molecule has 1 aromatic heterocycles. The molecule has 3 rings (SSSR count). The van der Waals surface area contributed by atoms with Gasteiger partial charge in [-0.1, -0.05) is 43.7 Å². The van der Waals surface area contributed by atoms with Gasteiger partial charge in [-0.2, -0.15) is 0 Å². The predicted octanol–water partition coefficient (Wildman–Crippen LogP) is 5.36. The SMILES string of the molecule is CNC(CCC1CCCCC1)c1cc2cc(C)ccc2o1. The van der Waals surface area contributed by atoms with Crippen molar-refractivity contribution >= 4 is 11.0 Å². The Hall–Kier alpha value is -1.28. The third kappa shape index (κ3) is 3.49. The van der Waals surface area contributed by atoms with Crippen molar-refractivity contribution in [1.29, 1.82) is 0 Å². The van der Waals surface area contributed by atoms with Crippen molar-refractivity contribution in [3.63, 3.8) is 0 Å². The van der Waals surface area contributed by atoms with E-state index >= 15 is 0 Å². The summed E-state index contributed by atoms with van der Waals surface area (Å²) in [5.41, 5.74) is 2.30. The minimum absolute atomic E-state index is 0.347. The number of nitrogens with one attached hydrogen (secondary N) is 1. The zero-order valence-electron chi connectivity index (χ0n) is 13.3. The average Bonchev–Trinajstić information content (AvgIpc) is 2.92. The van der Waals surface area contributed by atoms with Gasteiger partial charge in [-0.25, -0.2) is 0 Å². The van der Waals surface area contributed by atoms with Crippen LogP contribution in [0.4, 0.5) is 0 Å². The standard InChI is InChI=1S/C19H27NO/c1-14-8-11-18-16(12-14)13-19(21-18)17(20-2)10-9-15-6-4-3-5-7-15/h8,11-13,15,17,20H,3-7,9-10H2,1-2H3. The monoisotopic (exact) mass is 285 g/mol. The van der Waals surface area contributed by atoms with Crippen LogP contribution in [-0.4, -0.2) is 7.05 Å². The predicted molar refractivity (Wildman–Crippen MR) is 88.6 cm³/mol. The smallest absolute Gasteiger partial charge is 0.134 e. The third-order valence-electron chi connectivity index (χ3n) is 4.97. The third-order valence-corrected chi connectivity index (χ3v) is 4.97. The zero-order valence-corrected chi connectivity index (χ0v) is 13.3. The van der Waals surface area contributed by atoms with E-state index in [9.17, 15) is 0 Å². The summed E-state index contributed by atoms with van der Waals surface area (Å²) in [6, 6.07) is 8.97. The van der Waals surface area contributed by atoms with Crippen LogP contribution in [0.3, 0.4) is 0 Å². The maximum atomic E-state index is 6.05. The second-order valence-electron chi connectivity index (χ2n) is 6.61. The van der Waals surface area contributed by atoms with E-state index in [0.717, 1.165) is 17.3 Å². The van der Waals surface area contributed by atoms with Gasteiger partial charge in [0.05, 0.1) is 6.04 Å². The van der Waals surface area contributed by atoms with E-state index < -0.39 is 0 Å². The van der Waals surface area contributed by atoms with Crippen molar-refractivity contribution in [1.82, 2.24) is 5.32 Å². The highest BCUT2D eigenvalue weighted by molar-refractivity contribution is 5.78. The molecule has 2 heteroatoms. The Morgan fingerprint density at radius 1 is 1.19 bits per heavy atom. The molecule has 0 spiro atoms. The largest absolute Gasteiger partial charge is 0.459 e. The fraction of sp³-hybridized carbons (Fsp3) is 0.579. The summed E-state index contributed by atoms with van der Waals surface area (Å²) in [4.78, 5) is 0. The van der Waals surface area contributed by atoms with Crippen molar-refractivity contribution in [2.45, 2.75) is 57.9 Å². The van der Waals surface area contributed by atoms with Gasteiger partial charge in [0, 0.05) is 5.39 Å². The van der Waals surface area contributed by atoms with Crippen molar-refractivity contribution < 1.29 is 4.42 Å². The van der Waals surface area contributed by atoms with E-state index in [4.69, 9.17) is 4.42 Å². The first-order chi connectivity index (χ1) is 10.3. The molecule has 0 radical (unpaired) electrons. The summed E-state index contributed by atoms with van der Waals surface area (Å²) in [6.45, 7) is 2.13. The molecule has 0 amide bonds. The van der Waals surface area contributed by atoms with Crippen LogP contribution in [0, 0.1) is 12.8 Å². The number of aryl methyl sites for hydroxylation is 1. The van der Waals surface area contributed by atoms with E-state index in [1.54, 1.807) is 0 Å². The summed E-state index contributed by atoms with van der Waals surface area (Å²) < 4.78 is 6.05. The number of rotatable bonds is 5. The lowest BCUT2D eigenvalue weighted by Gasteiger charge is -2.23. The molecule has 1 heterocycles. The Labute approximate surface area is 127 Å². The van der Waals surface area contributed by atoms with Crippen molar-refractivity contribution in [3.05, 3.63) is 35.6 Å². The Balaban J connectivity index is 1.68. The van der Waals surface area contributed by atoms with E-state index in [1.165, 1.54) is 55.9 Å². The molecule has 1 fully saturated rings. The minimum Gasteiger partial charge on any atom is -0.459 e. The molecule has 1 aliphatic carbocycles. The lowest BCUT2D eigenvalue weighted by atomic mass is 9.85. The molecule has 0 saturated heterocycles. The van der Waals surface area contributed by atoms with Crippen molar-refractivity contribution in [2.75, 3.05) is 7.05 Å². The van der Waals surface area contributed by atoms with Crippen LogP contribution in [0.2, 0.25) is 0 Å². The summed E-state index contributed by atoms with van der Waals surface area (Å²) in [6.07, 6.45) is 9.65. The highest BCUT2D eigenvalue weighted by Gasteiger charge is 2.19. The second-order valence-corrected chi connectivity index (χ2v) is 6.61. The summed E-state index contributed by atoms with van der Waals surface area (Å²) >= 11 is 0. The maximum Gasteiger partial charge on any atom is 0.134 e. The highest BCUT2D eigenvalue weighted by Crippen LogP contribution is 2.32. The van der Waals surface area contributed by atoms with Gasteiger partial charge in [0.15, 0.2) is 0 Å². The van der Waals surface area contributed by atoms with Crippen LogP contribution in [0.15, 0.2) is 28.7 Å². The molecule has 1 saturated carbocycles. The van der Waals surface area contributed by atoms with E-state index in [1.807, 2.05) is 7.05 Å². The molecule has 1 unspecified atom stereocenters. The Morgan fingerprint density at radius 3 is 2.76 bits per heavy atom. The fourth-order valence-electron chi connectivity index (χ4n) is 3.66. The first-order valence-electron chi connectivity index (χ1n) is 8.43. The van der Waals surface area contributed by atoms with Gasteiger partial charge in [-0.05, 0) is 50.9 Å². The van der Waals surface area contributed by atoms with E-state index in [2.05, 4.69) is 36.5 Å². The Bertz CT molecular complexity index is 580. The van der Waals surface area contributed by atoms with Crippen LogP contribution >= 0.6 is 0 Å². The molecule has 1 aliphatic rings. The van der Waals surface area contributed by atoms with Gasteiger partial charge in [0.2, 0.25) is 0 Å². The summed E-state index contributed by atoms with van der Waals surface area (Å²) in [5.74, 6) is 2.02. The van der Waals surface area contributed by atoms with Gasteiger partial charge in [-0.3, -0.25) is 0 Å². The quantitative estimate of drug-likeness (QED) is 0.799. The zero-order chi connectivity index (χ0) is 14.7. The molecule has 21 heavy (non-hydrogen) atoms. The van der Waals surface area contributed by atoms with E-state index in [-0.39, 0.29) is 0 Å². The second kappa shape index (κ2) is 6.65. The molecule has 0 bridgehead atoms. The van der Waals surface area contributed by atoms with Crippen LogP contribution in [0.5, 0.6) is 0 Å². The molecule has 1 aromatic carbocycles. The summed E-state index contributed by atoms with van der Waals surface area (Å²) in [5, 5.41) is 4.66. The van der Waals surface area contributed by atoms with Gasteiger partial charge in [0.25, 0.3) is 0 Å². The first kappa shape index (κ1) is 14.6. The molecule has 2 nitrogen and oxygen atoms in total. The molecule has 1 atom stereocenters. The normalized spacial score (nSPS) is 18.2.